The molecule has 1 aliphatic heterocycles. The Labute approximate surface area is 92.4 Å². The number of hydrogen-bond acceptors (Lipinski definition) is 3. The van der Waals surface area contributed by atoms with Gasteiger partial charge in [-0.25, -0.2) is 0 Å². The van der Waals surface area contributed by atoms with Crippen LogP contribution in [0.25, 0.3) is 0 Å². The van der Waals surface area contributed by atoms with E-state index >= 15 is 0 Å². The molecule has 4 heteroatoms. The molecule has 0 aromatic rings. The van der Waals surface area contributed by atoms with E-state index < -0.39 is 0 Å². The third-order valence-corrected chi connectivity index (χ3v) is 2.97. The molecule has 0 aromatic carbocycles. The van der Waals surface area contributed by atoms with Gasteiger partial charge in [0.05, 0.1) is 0 Å². The van der Waals surface area contributed by atoms with Crippen LogP contribution in [-0.4, -0.2) is 54.5 Å². The predicted molar refractivity (Wildman–Crippen MR) is 61.5 cm³/mol. The number of hydrogen-bond donors (Lipinski definition) is 1. The van der Waals surface area contributed by atoms with Gasteiger partial charge >= 0.3 is 0 Å². The number of amides is 1. The first-order chi connectivity index (χ1) is 6.97. The highest BCUT2D eigenvalue weighted by atomic mass is 16.2. The van der Waals surface area contributed by atoms with Gasteiger partial charge in [-0.3, -0.25) is 9.69 Å². The lowest BCUT2D eigenvalue weighted by Crippen LogP contribution is -2.62. The van der Waals surface area contributed by atoms with E-state index in [2.05, 4.69) is 25.7 Å². The Bertz CT molecular complexity index is 230. The maximum absolute atomic E-state index is 12.1. The van der Waals surface area contributed by atoms with Gasteiger partial charge in [0.25, 0.3) is 0 Å². The summed E-state index contributed by atoms with van der Waals surface area (Å²) in [6, 6.07) is 0.174. The molecule has 15 heavy (non-hydrogen) atoms. The summed E-state index contributed by atoms with van der Waals surface area (Å²) in [7, 11) is 1.97. The van der Waals surface area contributed by atoms with Crippen molar-refractivity contribution in [3.05, 3.63) is 0 Å². The van der Waals surface area contributed by atoms with E-state index in [-0.39, 0.29) is 11.9 Å². The largest absolute Gasteiger partial charge is 0.337 e. The molecule has 2 unspecified atom stereocenters. The van der Waals surface area contributed by atoms with Crippen molar-refractivity contribution in [2.45, 2.75) is 32.9 Å². The van der Waals surface area contributed by atoms with Crippen LogP contribution < -0.4 is 5.73 Å². The predicted octanol–water partition coefficient (Wildman–Crippen LogP) is 0.132. The molecule has 2 atom stereocenters. The molecule has 0 aromatic heterocycles. The lowest BCUT2D eigenvalue weighted by atomic mass is 10.0. The van der Waals surface area contributed by atoms with E-state index in [1.807, 2.05) is 11.9 Å². The SMILES string of the molecule is CC(C)CN1C(=O)C(CN)N(C)CC1C. The van der Waals surface area contributed by atoms with E-state index in [1.54, 1.807) is 0 Å². The van der Waals surface area contributed by atoms with Gasteiger partial charge in [0.2, 0.25) is 5.91 Å². The Morgan fingerprint density at radius 1 is 1.53 bits per heavy atom. The average molecular weight is 213 g/mol. The zero-order chi connectivity index (χ0) is 11.6. The summed E-state index contributed by atoms with van der Waals surface area (Å²) < 4.78 is 0. The second-order valence-corrected chi connectivity index (χ2v) is 4.92. The lowest BCUT2D eigenvalue weighted by molar-refractivity contribution is -0.144. The lowest BCUT2D eigenvalue weighted by Gasteiger charge is -2.43. The van der Waals surface area contributed by atoms with Crippen LogP contribution in [0.2, 0.25) is 0 Å². The quantitative estimate of drug-likeness (QED) is 0.725. The van der Waals surface area contributed by atoms with Gasteiger partial charge in [0.1, 0.15) is 6.04 Å². The van der Waals surface area contributed by atoms with Crippen molar-refractivity contribution in [2.24, 2.45) is 11.7 Å². The van der Waals surface area contributed by atoms with Crippen LogP contribution in [0.1, 0.15) is 20.8 Å². The summed E-state index contributed by atoms with van der Waals surface area (Å²) in [5, 5.41) is 0. The summed E-state index contributed by atoms with van der Waals surface area (Å²) in [6.45, 7) is 8.54. The number of rotatable bonds is 3. The molecule has 88 valence electrons. The Morgan fingerprint density at radius 2 is 2.13 bits per heavy atom. The zero-order valence-corrected chi connectivity index (χ0v) is 10.2. The molecular formula is C11H23N3O. The fourth-order valence-electron chi connectivity index (χ4n) is 2.18. The van der Waals surface area contributed by atoms with Crippen LogP contribution in [-0.2, 0) is 4.79 Å². The zero-order valence-electron chi connectivity index (χ0n) is 10.2. The van der Waals surface area contributed by atoms with Gasteiger partial charge in [0, 0.05) is 25.7 Å². The molecule has 0 aliphatic carbocycles. The van der Waals surface area contributed by atoms with Gasteiger partial charge in [-0.1, -0.05) is 13.8 Å². The summed E-state index contributed by atoms with van der Waals surface area (Å²) in [5.74, 6) is 0.700. The Kier molecular flexibility index (Phi) is 4.11. The minimum atomic E-state index is -0.125. The van der Waals surface area contributed by atoms with Crippen molar-refractivity contribution < 1.29 is 4.79 Å². The van der Waals surface area contributed by atoms with Crippen LogP contribution in [0.4, 0.5) is 0 Å². The molecule has 1 rings (SSSR count). The number of likely N-dealkylation sites (N-methyl/N-ethyl adjacent to an activating group) is 1. The van der Waals surface area contributed by atoms with Crippen LogP contribution in [0.3, 0.4) is 0 Å². The molecular weight excluding hydrogens is 190 g/mol. The van der Waals surface area contributed by atoms with Crippen LogP contribution in [0.15, 0.2) is 0 Å². The van der Waals surface area contributed by atoms with Crippen molar-refractivity contribution in [1.29, 1.82) is 0 Å². The first-order valence-corrected chi connectivity index (χ1v) is 5.68. The monoisotopic (exact) mass is 213 g/mol. The highest BCUT2D eigenvalue weighted by Gasteiger charge is 2.35. The number of nitrogens with zero attached hydrogens (tertiary/aromatic N) is 2. The summed E-state index contributed by atoms with van der Waals surface area (Å²) in [6.07, 6.45) is 0. The van der Waals surface area contributed by atoms with Crippen molar-refractivity contribution in [3.63, 3.8) is 0 Å². The van der Waals surface area contributed by atoms with E-state index in [4.69, 9.17) is 5.73 Å². The van der Waals surface area contributed by atoms with Crippen molar-refractivity contribution in [2.75, 3.05) is 26.7 Å². The van der Waals surface area contributed by atoms with Crippen molar-refractivity contribution in [1.82, 2.24) is 9.80 Å². The normalized spacial score (nSPS) is 28.9. The number of carbonyl (C=O) groups excluding carboxylic acids is 1. The van der Waals surface area contributed by atoms with E-state index in [9.17, 15) is 4.79 Å². The second kappa shape index (κ2) is 4.94. The van der Waals surface area contributed by atoms with Gasteiger partial charge in [-0.05, 0) is 19.9 Å². The van der Waals surface area contributed by atoms with Crippen LogP contribution >= 0.6 is 0 Å². The van der Waals surface area contributed by atoms with E-state index in [0.717, 1.165) is 13.1 Å². The molecule has 2 N–H and O–H groups in total. The summed E-state index contributed by atoms with van der Waals surface area (Å²) >= 11 is 0. The molecule has 1 amide bonds. The molecule has 0 bridgehead atoms. The van der Waals surface area contributed by atoms with Gasteiger partial charge in [-0.15, -0.1) is 0 Å². The van der Waals surface area contributed by atoms with E-state index in [0.29, 0.717) is 18.5 Å². The van der Waals surface area contributed by atoms with Crippen molar-refractivity contribution >= 4 is 5.91 Å². The standard InChI is InChI=1S/C11H23N3O/c1-8(2)6-14-9(3)7-13(4)10(5-12)11(14)15/h8-10H,5-7,12H2,1-4H3. The minimum absolute atomic E-state index is 0.125. The fourth-order valence-corrected chi connectivity index (χ4v) is 2.18. The Morgan fingerprint density at radius 3 is 2.60 bits per heavy atom. The smallest absolute Gasteiger partial charge is 0.241 e. The summed E-state index contributed by atoms with van der Waals surface area (Å²) in [4.78, 5) is 16.2. The summed E-state index contributed by atoms with van der Waals surface area (Å²) in [5.41, 5.74) is 5.63. The molecule has 0 spiro atoms. The third-order valence-electron chi connectivity index (χ3n) is 2.97. The fraction of sp³-hybridized carbons (Fsp3) is 0.909. The van der Waals surface area contributed by atoms with Gasteiger partial charge < -0.3 is 10.6 Å². The Hall–Kier alpha value is -0.610. The first kappa shape index (κ1) is 12.5. The van der Waals surface area contributed by atoms with Crippen LogP contribution in [0, 0.1) is 5.92 Å². The minimum Gasteiger partial charge on any atom is -0.337 e. The molecule has 1 fully saturated rings. The number of nitrogens with two attached hydrogens (primary N) is 1. The molecule has 1 heterocycles. The topological polar surface area (TPSA) is 49.6 Å². The molecule has 0 radical (unpaired) electrons. The Balaban J connectivity index is 2.74. The average Bonchev–Trinajstić information content (AvgIpc) is 2.12. The van der Waals surface area contributed by atoms with Crippen LogP contribution in [0.5, 0.6) is 0 Å². The van der Waals surface area contributed by atoms with Gasteiger partial charge in [0.15, 0.2) is 0 Å². The van der Waals surface area contributed by atoms with E-state index in [1.165, 1.54) is 0 Å². The molecule has 1 saturated heterocycles. The second-order valence-electron chi connectivity index (χ2n) is 4.92. The highest BCUT2D eigenvalue weighted by Crippen LogP contribution is 2.16. The number of carbonyl (C=O) groups is 1. The molecule has 4 nitrogen and oxygen atoms in total. The number of piperazine rings is 1. The first-order valence-electron chi connectivity index (χ1n) is 5.68. The molecule has 0 saturated carbocycles. The highest BCUT2D eigenvalue weighted by molar-refractivity contribution is 5.83. The maximum atomic E-state index is 12.1. The maximum Gasteiger partial charge on any atom is 0.241 e. The van der Waals surface area contributed by atoms with Gasteiger partial charge in [-0.2, -0.15) is 0 Å². The molecule has 1 aliphatic rings. The third kappa shape index (κ3) is 2.69. The van der Waals surface area contributed by atoms with Crippen molar-refractivity contribution in [3.8, 4) is 0 Å².